The zero-order chi connectivity index (χ0) is 42.4. The average Bonchev–Trinajstić information content (AvgIpc) is 3.77. The van der Waals surface area contributed by atoms with Crippen LogP contribution >= 0.6 is 0 Å². The van der Waals surface area contributed by atoms with Crippen molar-refractivity contribution in [3.8, 4) is 55.6 Å². The van der Waals surface area contributed by atoms with Crippen molar-refractivity contribution in [2.45, 2.75) is 0 Å². The maximum absolute atomic E-state index is 6.61. The molecule has 0 fully saturated rings. The van der Waals surface area contributed by atoms with Gasteiger partial charge in [-0.3, -0.25) is 0 Å². The summed E-state index contributed by atoms with van der Waals surface area (Å²) < 4.78 is 6.61. The van der Waals surface area contributed by atoms with Crippen LogP contribution in [0, 0.1) is 0 Å². The van der Waals surface area contributed by atoms with Crippen LogP contribution < -0.4 is 4.90 Å². The molecule has 0 saturated heterocycles. The van der Waals surface area contributed by atoms with Crippen LogP contribution in [0.5, 0.6) is 0 Å². The number of benzene rings is 11. The SMILES string of the molecule is c1ccc(-c2ccc(-c3ccc(N(c4ccc(-c5ccc6ccccc6c5)cc4)c4cccc(-c5cccc6oc7c8ccccc8ccc7c56)c4)cc3)cc2-c2ccccc2)cc1. The van der Waals surface area contributed by atoms with Gasteiger partial charge in [0.15, 0.2) is 0 Å². The number of nitrogens with zero attached hydrogens (tertiary/aromatic N) is 1. The number of rotatable bonds is 8. The number of anilines is 3. The van der Waals surface area contributed by atoms with Gasteiger partial charge in [-0.2, -0.15) is 0 Å². The van der Waals surface area contributed by atoms with Crippen molar-refractivity contribution >= 4 is 60.5 Å². The zero-order valence-corrected chi connectivity index (χ0v) is 35.0. The van der Waals surface area contributed by atoms with E-state index in [9.17, 15) is 0 Å². The molecule has 64 heavy (non-hydrogen) atoms. The Hall–Kier alpha value is -8.46. The molecule has 0 radical (unpaired) electrons. The van der Waals surface area contributed by atoms with Gasteiger partial charge in [-0.05, 0) is 132 Å². The van der Waals surface area contributed by atoms with Crippen LogP contribution in [0.25, 0.3) is 99.1 Å². The van der Waals surface area contributed by atoms with E-state index in [1.807, 2.05) is 0 Å². The van der Waals surface area contributed by atoms with E-state index in [-0.39, 0.29) is 0 Å². The molecule has 0 amide bonds. The summed E-state index contributed by atoms with van der Waals surface area (Å²) in [6, 6.07) is 89.6. The van der Waals surface area contributed by atoms with Crippen molar-refractivity contribution in [3.63, 3.8) is 0 Å². The van der Waals surface area contributed by atoms with Gasteiger partial charge in [-0.1, -0.05) is 188 Å². The fourth-order valence-corrected chi connectivity index (χ4v) is 9.48. The monoisotopic (exact) mass is 815 g/mol. The Kier molecular flexibility index (Phi) is 9.20. The van der Waals surface area contributed by atoms with Crippen molar-refractivity contribution in [1.82, 2.24) is 0 Å². The summed E-state index contributed by atoms with van der Waals surface area (Å²) in [5, 5.41) is 7.03. The predicted molar refractivity (Wildman–Crippen MR) is 271 cm³/mol. The maximum atomic E-state index is 6.61. The molecule has 0 aliphatic heterocycles. The molecule has 0 spiro atoms. The minimum atomic E-state index is 0.887. The highest BCUT2D eigenvalue weighted by molar-refractivity contribution is 6.19. The molecule has 1 aromatic heterocycles. The summed E-state index contributed by atoms with van der Waals surface area (Å²) in [5.41, 5.74) is 16.8. The topological polar surface area (TPSA) is 16.4 Å². The molecule has 0 bridgehead atoms. The van der Waals surface area contributed by atoms with E-state index in [0.29, 0.717) is 0 Å². The molecule has 12 aromatic rings. The Morgan fingerprint density at radius 2 is 0.828 bits per heavy atom. The molecule has 12 rings (SSSR count). The highest BCUT2D eigenvalue weighted by Crippen LogP contribution is 2.43. The second-order valence-electron chi connectivity index (χ2n) is 16.5. The second kappa shape index (κ2) is 15.8. The third-order valence-electron chi connectivity index (χ3n) is 12.7. The van der Waals surface area contributed by atoms with E-state index in [0.717, 1.165) is 61.1 Å². The smallest absolute Gasteiger partial charge is 0.143 e. The van der Waals surface area contributed by atoms with E-state index >= 15 is 0 Å². The van der Waals surface area contributed by atoms with Gasteiger partial charge in [0.05, 0.1) is 0 Å². The summed E-state index contributed by atoms with van der Waals surface area (Å²) in [6.45, 7) is 0. The lowest BCUT2D eigenvalue weighted by atomic mass is 9.91. The first-order valence-corrected chi connectivity index (χ1v) is 21.9. The normalized spacial score (nSPS) is 11.4. The Bertz CT molecular complexity index is 3640. The van der Waals surface area contributed by atoms with Crippen molar-refractivity contribution in [1.29, 1.82) is 0 Å². The molecule has 0 aliphatic carbocycles. The average molecular weight is 816 g/mol. The summed E-state index contributed by atoms with van der Waals surface area (Å²) in [6.07, 6.45) is 0. The summed E-state index contributed by atoms with van der Waals surface area (Å²) >= 11 is 0. The van der Waals surface area contributed by atoms with Crippen LogP contribution in [0.2, 0.25) is 0 Å². The van der Waals surface area contributed by atoms with Crippen molar-refractivity contribution in [2.75, 3.05) is 4.90 Å². The lowest BCUT2D eigenvalue weighted by Crippen LogP contribution is -2.10. The summed E-state index contributed by atoms with van der Waals surface area (Å²) in [4.78, 5) is 2.37. The molecule has 300 valence electrons. The van der Waals surface area contributed by atoms with E-state index in [1.54, 1.807) is 0 Å². The molecular formula is C62H41NO. The van der Waals surface area contributed by atoms with Gasteiger partial charge < -0.3 is 9.32 Å². The number of hydrogen-bond acceptors (Lipinski definition) is 2. The van der Waals surface area contributed by atoms with Gasteiger partial charge in [0.2, 0.25) is 0 Å². The Morgan fingerprint density at radius 1 is 0.266 bits per heavy atom. The van der Waals surface area contributed by atoms with Gasteiger partial charge in [-0.25, -0.2) is 0 Å². The van der Waals surface area contributed by atoms with Crippen LogP contribution in [0.3, 0.4) is 0 Å². The molecule has 0 unspecified atom stereocenters. The Balaban J connectivity index is 0.967. The number of furan rings is 1. The van der Waals surface area contributed by atoms with Crippen molar-refractivity contribution < 1.29 is 4.42 Å². The first kappa shape index (κ1) is 37.3. The van der Waals surface area contributed by atoms with Gasteiger partial charge in [0.1, 0.15) is 11.2 Å². The highest BCUT2D eigenvalue weighted by Gasteiger charge is 2.18. The first-order chi connectivity index (χ1) is 31.7. The first-order valence-electron chi connectivity index (χ1n) is 21.9. The standard InChI is InChI=1S/C62H41NO/c1-3-14-45(15-4-1)55-37-32-50(41-59(55)46-16-5-2-6-17-46)44-29-35-53(36-30-44)63(52-33-27-43(28-34-52)49-26-25-42-13-7-8-19-48(42)39-49)54-21-11-20-51(40-54)56-23-12-24-60-61(56)58-38-31-47-18-9-10-22-57(47)62(58)64-60/h1-41H. The molecule has 0 N–H and O–H groups in total. The molecule has 11 aromatic carbocycles. The second-order valence-corrected chi connectivity index (χ2v) is 16.5. The molecule has 0 saturated carbocycles. The van der Waals surface area contributed by atoms with E-state index in [2.05, 4.69) is 254 Å². The van der Waals surface area contributed by atoms with Gasteiger partial charge in [0, 0.05) is 33.2 Å². The van der Waals surface area contributed by atoms with Gasteiger partial charge in [0.25, 0.3) is 0 Å². The van der Waals surface area contributed by atoms with Gasteiger partial charge >= 0.3 is 0 Å². The molecule has 1 heterocycles. The Morgan fingerprint density at radius 3 is 1.56 bits per heavy atom. The van der Waals surface area contributed by atoms with Crippen LogP contribution in [0.15, 0.2) is 253 Å². The molecule has 0 aliphatic rings. The Labute approximate surface area is 372 Å². The maximum Gasteiger partial charge on any atom is 0.143 e. The molecular weight excluding hydrogens is 775 g/mol. The van der Waals surface area contributed by atoms with E-state index in [4.69, 9.17) is 4.42 Å². The summed E-state index contributed by atoms with van der Waals surface area (Å²) in [7, 11) is 0. The third kappa shape index (κ3) is 6.70. The minimum absolute atomic E-state index is 0.887. The number of hydrogen-bond donors (Lipinski definition) is 0. The van der Waals surface area contributed by atoms with Crippen LogP contribution in [-0.2, 0) is 0 Å². The van der Waals surface area contributed by atoms with E-state index < -0.39 is 0 Å². The molecule has 2 heteroatoms. The lowest BCUT2D eigenvalue weighted by Gasteiger charge is -2.26. The minimum Gasteiger partial charge on any atom is -0.455 e. The largest absolute Gasteiger partial charge is 0.455 e. The fraction of sp³-hybridized carbons (Fsp3) is 0. The quantitative estimate of drug-likeness (QED) is 0.152. The van der Waals surface area contributed by atoms with Crippen molar-refractivity contribution in [2.24, 2.45) is 0 Å². The summed E-state index contributed by atoms with van der Waals surface area (Å²) in [5.74, 6) is 0. The highest BCUT2D eigenvalue weighted by atomic mass is 16.3. The molecule has 2 nitrogen and oxygen atoms in total. The van der Waals surface area contributed by atoms with E-state index in [1.165, 1.54) is 55.1 Å². The predicted octanol–water partition coefficient (Wildman–Crippen LogP) is 17.7. The number of fused-ring (bicyclic) bond motifs is 6. The van der Waals surface area contributed by atoms with Crippen LogP contribution in [-0.4, -0.2) is 0 Å². The third-order valence-corrected chi connectivity index (χ3v) is 12.7. The molecule has 0 atom stereocenters. The van der Waals surface area contributed by atoms with Gasteiger partial charge in [-0.15, -0.1) is 0 Å². The fourth-order valence-electron chi connectivity index (χ4n) is 9.48. The van der Waals surface area contributed by atoms with Crippen LogP contribution in [0.1, 0.15) is 0 Å². The van der Waals surface area contributed by atoms with Crippen molar-refractivity contribution in [3.05, 3.63) is 249 Å². The van der Waals surface area contributed by atoms with Crippen LogP contribution in [0.4, 0.5) is 17.1 Å². The zero-order valence-electron chi connectivity index (χ0n) is 35.0. The lowest BCUT2D eigenvalue weighted by molar-refractivity contribution is 0.673.